The molecule has 0 aliphatic carbocycles. The minimum atomic E-state index is -0.457. The third-order valence-corrected chi connectivity index (χ3v) is 3.74. The molecule has 3 heterocycles. The van der Waals surface area contributed by atoms with Crippen LogP contribution in [0.5, 0.6) is 5.88 Å². The van der Waals surface area contributed by atoms with Crippen LogP contribution in [0.4, 0.5) is 0 Å². The molecule has 0 spiro atoms. The molecule has 24 heavy (non-hydrogen) atoms. The molecule has 3 rings (SSSR count). The summed E-state index contributed by atoms with van der Waals surface area (Å²) in [6.45, 7) is 2.90. The smallest absolute Gasteiger partial charge is 0.255 e. The van der Waals surface area contributed by atoms with Gasteiger partial charge in [0.2, 0.25) is 5.88 Å². The van der Waals surface area contributed by atoms with Crippen molar-refractivity contribution in [2.75, 3.05) is 26.8 Å². The topological polar surface area (TPSA) is 97.4 Å². The van der Waals surface area contributed by atoms with Crippen LogP contribution in [0.1, 0.15) is 28.0 Å². The molecular formula is C16H18N4O4. The summed E-state index contributed by atoms with van der Waals surface area (Å²) in [7, 11) is 1.52. The first-order chi connectivity index (χ1) is 11.6. The largest absolute Gasteiger partial charge is 0.481 e. The third-order valence-electron chi connectivity index (χ3n) is 3.74. The second kappa shape index (κ2) is 6.79. The second-order valence-electron chi connectivity index (χ2n) is 5.47. The van der Waals surface area contributed by atoms with Gasteiger partial charge >= 0.3 is 0 Å². The number of amides is 1. The van der Waals surface area contributed by atoms with Crippen LogP contribution in [0.2, 0.25) is 0 Å². The highest BCUT2D eigenvalue weighted by molar-refractivity contribution is 5.94. The van der Waals surface area contributed by atoms with Crippen molar-refractivity contribution in [3.8, 4) is 5.88 Å². The third kappa shape index (κ3) is 3.43. The Balaban J connectivity index is 1.77. The van der Waals surface area contributed by atoms with Crippen molar-refractivity contribution < 1.29 is 14.3 Å². The van der Waals surface area contributed by atoms with Crippen molar-refractivity contribution in [1.29, 1.82) is 0 Å². The molecule has 126 valence electrons. The Morgan fingerprint density at radius 1 is 1.46 bits per heavy atom. The number of aryl methyl sites for hydroxylation is 1. The van der Waals surface area contributed by atoms with E-state index in [4.69, 9.17) is 9.47 Å². The van der Waals surface area contributed by atoms with Gasteiger partial charge in [0.25, 0.3) is 11.5 Å². The molecule has 8 heteroatoms. The Hall–Kier alpha value is -2.74. The summed E-state index contributed by atoms with van der Waals surface area (Å²) in [5, 5.41) is 0. The maximum Gasteiger partial charge on any atom is 0.255 e. The first kappa shape index (κ1) is 16.1. The highest BCUT2D eigenvalue weighted by Gasteiger charge is 2.28. The van der Waals surface area contributed by atoms with Crippen LogP contribution >= 0.6 is 0 Å². The molecule has 1 fully saturated rings. The SMILES string of the molecule is COc1ccc(C(=O)N2CCO[C@@H](c3nc(C)cc(=O)[nH]3)C2)cn1. The summed E-state index contributed by atoms with van der Waals surface area (Å²) in [6, 6.07) is 4.73. The molecule has 8 nitrogen and oxygen atoms in total. The van der Waals surface area contributed by atoms with Crippen molar-refractivity contribution in [3.63, 3.8) is 0 Å². The minimum Gasteiger partial charge on any atom is -0.481 e. The second-order valence-corrected chi connectivity index (χ2v) is 5.47. The van der Waals surface area contributed by atoms with E-state index < -0.39 is 6.10 Å². The summed E-state index contributed by atoms with van der Waals surface area (Å²) < 4.78 is 10.7. The zero-order valence-corrected chi connectivity index (χ0v) is 13.5. The zero-order chi connectivity index (χ0) is 17.1. The van der Waals surface area contributed by atoms with E-state index in [1.54, 1.807) is 24.0 Å². The Kier molecular flexibility index (Phi) is 4.57. The molecule has 0 saturated carbocycles. The number of ether oxygens (including phenoxy) is 2. The molecule has 1 atom stereocenters. The van der Waals surface area contributed by atoms with Crippen LogP contribution in [0.15, 0.2) is 29.2 Å². The van der Waals surface area contributed by atoms with Gasteiger partial charge < -0.3 is 19.4 Å². The van der Waals surface area contributed by atoms with Gasteiger partial charge in [0, 0.05) is 30.6 Å². The van der Waals surface area contributed by atoms with Crippen LogP contribution in [-0.4, -0.2) is 52.6 Å². The first-order valence-electron chi connectivity index (χ1n) is 7.55. The number of pyridine rings is 1. The lowest BCUT2D eigenvalue weighted by Gasteiger charge is -2.32. The van der Waals surface area contributed by atoms with Gasteiger partial charge in [-0.25, -0.2) is 9.97 Å². The summed E-state index contributed by atoms with van der Waals surface area (Å²) in [5.74, 6) is 0.742. The van der Waals surface area contributed by atoms with E-state index in [0.29, 0.717) is 42.7 Å². The van der Waals surface area contributed by atoms with Gasteiger partial charge in [0.1, 0.15) is 11.9 Å². The van der Waals surface area contributed by atoms with Gasteiger partial charge in [-0.05, 0) is 13.0 Å². The average molecular weight is 330 g/mol. The maximum absolute atomic E-state index is 12.6. The molecular weight excluding hydrogens is 312 g/mol. The van der Waals surface area contributed by atoms with Gasteiger partial charge in [-0.3, -0.25) is 9.59 Å². The number of hydrogen-bond donors (Lipinski definition) is 1. The number of morpholine rings is 1. The average Bonchev–Trinajstić information content (AvgIpc) is 2.60. The Morgan fingerprint density at radius 3 is 2.96 bits per heavy atom. The lowest BCUT2D eigenvalue weighted by molar-refractivity contribution is -0.0269. The number of nitrogens with zero attached hydrogens (tertiary/aromatic N) is 3. The van der Waals surface area contributed by atoms with E-state index in [1.807, 2.05) is 0 Å². The van der Waals surface area contributed by atoms with Crippen molar-refractivity contribution >= 4 is 5.91 Å². The van der Waals surface area contributed by atoms with Crippen molar-refractivity contribution in [1.82, 2.24) is 19.9 Å². The number of hydrogen-bond acceptors (Lipinski definition) is 6. The van der Waals surface area contributed by atoms with Crippen LogP contribution in [-0.2, 0) is 4.74 Å². The van der Waals surface area contributed by atoms with Crippen LogP contribution in [0.3, 0.4) is 0 Å². The molecule has 1 N–H and O–H groups in total. The Labute approximate surface area is 138 Å². The first-order valence-corrected chi connectivity index (χ1v) is 7.55. The van der Waals surface area contributed by atoms with Crippen molar-refractivity contribution in [3.05, 3.63) is 51.8 Å². The zero-order valence-electron chi connectivity index (χ0n) is 13.5. The molecule has 0 unspecified atom stereocenters. The van der Waals surface area contributed by atoms with E-state index >= 15 is 0 Å². The maximum atomic E-state index is 12.6. The predicted molar refractivity (Wildman–Crippen MR) is 85.0 cm³/mol. The molecule has 2 aromatic heterocycles. The van der Waals surface area contributed by atoms with Crippen LogP contribution in [0.25, 0.3) is 0 Å². The fraction of sp³-hybridized carbons (Fsp3) is 0.375. The highest BCUT2D eigenvalue weighted by Crippen LogP contribution is 2.20. The lowest BCUT2D eigenvalue weighted by Crippen LogP contribution is -2.43. The number of nitrogens with one attached hydrogen (secondary N) is 1. The lowest BCUT2D eigenvalue weighted by atomic mass is 10.2. The fourth-order valence-corrected chi connectivity index (χ4v) is 2.56. The van der Waals surface area contributed by atoms with E-state index in [0.717, 1.165) is 0 Å². The monoisotopic (exact) mass is 330 g/mol. The Bertz CT molecular complexity index is 787. The van der Waals surface area contributed by atoms with Gasteiger partial charge in [-0.2, -0.15) is 0 Å². The van der Waals surface area contributed by atoms with Crippen molar-refractivity contribution in [2.45, 2.75) is 13.0 Å². The summed E-state index contributed by atoms with van der Waals surface area (Å²) in [6.07, 6.45) is 1.03. The van der Waals surface area contributed by atoms with Crippen molar-refractivity contribution in [2.24, 2.45) is 0 Å². The van der Waals surface area contributed by atoms with Gasteiger partial charge in [0.05, 0.1) is 25.8 Å². The molecule has 1 aliphatic heterocycles. The number of carbonyl (C=O) groups is 1. The van der Waals surface area contributed by atoms with E-state index in [9.17, 15) is 9.59 Å². The van der Waals surface area contributed by atoms with Crippen LogP contribution < -0.4 is 10.3 Å². The quantitative estimate of drug-likeness (QED) is 0.889. The van der Waals surface area contributed by atoms with Crippen LogP contribution in [0, 0.1) is 6.92 Å². The molecule has 0 radical (unpaired) electrons. The summed E-state index contributed by atoms with van der Waals surface area (Å²) in [4.78, 5) is 36.9. The number of methoxy groups -OCH3 is 1. The van der Waals surface area contributed by atoms with Gasteiger partial charge in [-0.15, -0.1) is 0 Å². The van der Waals surface area contributed by atoms with E-state index in [1.165, 1.54) is 19.4 Å². The number of aromatic amines is 1. The molecule has 0 aromatic carbocycles. The minimum absolute atomic E-state index is 0.145. The summed E-state index contributed by atoms with van der Waals surface area (Å²) in [5.41, 5.74) is 0.853. The van der Waals surface area contributed by atoms with Gasteiger partial charge in [-0.1, -0.05) is 0 Å². The predicted octanol–water partition coefficient (Wildman–Crippen LogP) is 0.696. The molecule has 1 amide bonds. The normalized spacial score (nSPS) is 17.6. The molecule has 2 aromatic rings. The fourth-order valence-electron chi connectivity index (χ4n) is 2.56. The van der Waals surface area contributed by atoms with Gasteiger partial charge in [0.15, 0.2) is 0 Å². The standard InChI is InChI=1S/C16H18N4O4/c1-10-7-13(21)19-15(18-10)12-9-20(5-6-24-12)16(22)11-3-4-14(23-2)17-8-11/h3-4,7-8,12H,5-6,9H2,1-2H3,(H,18,19,21)/t12-/m1/s1. The van der Waals surface area contributed by atoms with E-state index in [-0.39, 0.29) is 11.5 Å². The number of aromatic nitrogens is 3. The van der Waals surface area contributed by atoms with E-state index in [2.05, 4.69) is 15.0 Å². The Morgan fingerprint density at radius 2 is 2.29 bits per heavy atom. The number of carbonyl (C=O) groups excluding carboxylic acids is 1. The number of H-pyrrole nitrogens is 1. The molecule has 1 aliphatic rings. The molecule has 1 saturated heterocycles. The summed E-state index contributed by atoms with van der Waals surface area (Å²) >= 11 is 0. The molecule has 0 bridgehead atoms. The number of rotatable bonds is 3. The highest BCUT2D eigenvalue weighted by atomic mass is 16.5.